The molecule has 0 radical (unpaired) electrons. The molecule has 2 heterocycles. The fourth-order valence-corrected chi connectivity index (χ4v) is 4.67. The van der Waals surface area contributed by atoms with Crippen LogP contribution in [0.25, 0.3) is 0 Å². The van der Waals surface area contributed by atoms with Gasteiger partial charge >= 0.3 is 0 Å². The number of nitrogens with zero attached hydrogens (tertiary/aromatic N) is 4. The lowest BCUT2D eigenvalue weighted by Gasteiger charge is -2.36. The number of carbonyl (C=O) groups is 1. The lowest BCUT2D eigenvalue weighted by molar-refractivity contribution is -0.123. The fourth-order valence-electron chi connectivity index (χ4n) is 4.67. The Morgan fingerprint density at radius 2 is 2.00 bits per heavy atom. The number of hydrogen-bond acceptors (Lipinski definition) is 4. The molecular weight excluding hydrogens is 350 g/mol. The summed E-state index contributed by atoms with van der Waals surface area (Å²) in [5.41, 5.74) is 6.14. The molecule has 0 spiro atoms. The van der Waals surface area contributed by atoms with E-state index < -0.39 is 0 Å². The van der Waals surface area contributed by atoms with Crippen LogP contribution >= 0.6 is 0 Å². The van der Waals surface area contributed by atoms with Gasteiger partial charge in [0.15, 0.2) is 0 Å². The molecule has 6 nitrogen and oxygen atoms in total. The first-order valence-corrected chi connectivity index (χ1v) is 10.4. The van der Waals surface area contributed by atoms with Crippen molar-refractivity contribution in [2.24, 2.45) is 7.05 Å². The Bertz CT molecular complexity index is 851. The van der Waals surface area contributed by atoms with Gasteiger partial charge in [0.2, 0.25) is 5.91 Å². The predicted molar refractivity (Wildman–Crippen MR) is 112 cm³/mol. The van der Waals surface area contributed by atoms with Crippen molar-refractivity contribution in [3.8, 4) is 0 Å². The second-order valence-electron chi connectivity index (χ2n) is 8.18. The van der Waals surface area contributed by atoms with Crippen molar-refractivity contribution < 1.29 is 4.79 Å². The lowest BCUT2D eigenvalue weighted by Crippen LogP contribution is -2.50. The molecular formula is C22H31N5O. The summed E-state index contributed by atoms with van der Waals surface area (Å²) >= 11 is 0. The molecule has 1 saturated heterocycles. The summed E-state index contributed by atoms with van der Waals surface area (Å²) in [4.78, 5) is 17.4. The molecule has 1 amide bonds. The molecule has 2 aromatic rings. The number of anilines is 1. The quantitative estimate of drug-likeness (QED) is 0.883. The first-order valence-electron chi connectivity index (χ1n) is 10.4. The van der Waals surface area contributed by atoms with Gasteiger partial charge in [0.05, 0.1) is 18.3 Å². The van der Waals surface area contributed by atoms with Gasteiger partial charge in [-0.15, -0.1) is 0 Å². The summed E-state index contributed by atoms with van der Waals surface area (Å²) in [6, 6.07) is 8.76. The van der Waals surface area contributed by atoms with Crippen molar-refractivity contribution >= 4 is 11.6 Å². The molecule has 0 saturated carbocycles. The van der Waals surface area contributed by atoms with Crippen LogP contribution in [0.5, 0.6) is 0 Å². The van der Waals surface area contributed by atoms with E-state index in [1.807, 2.05) is 18.7 Å². The fraction of sp³-hybridized carbons (Fsp3) is 0.545. The van der Waals surface area contributed by atoms with Gasteiger partial charge in [0.25, 0.3) is 0 Å². The highest BCUT2D eigenvalue weighted by Gasteiger charge is 2.28. The van der Waals surface area contributed by atoms with Crippen LogP contribution in [-0.2, 0) is 18.3 Å². The van der Waals surface area contributed by atoms with Crippen molar-refractivity contribution in [3.63, 3.8) is 0 Å². The maximum atomic E-state index is 12.7. The molecule has 28 heavy (non-hydrogen) atoms. The number of hydrogen-bond donors (Lipinski definition) is 1. The summed E-state index contributed by atoms with van der Waals surface area (Å²) in [5, 5.41) is 7.84. The van der Waals surface area contributed by atoms with Crippen molar-refractivity contribution in [1.82, 2.24) is 20.0 Å². The molecule has 150 valence electrons. The van der Waals surface area contributed by atoms with Crippen molar-refractivity contribution in [2.45, 2.75) is 39.2 Å². The van der Waals surface area contributed by atoms with Crippen LogP contribution < -0.4 is 10.2 Å². The van der Waals surface area contributed by atoms with Crippen LogP contribution in [0, 0.1) is 13.8 Å². The Labute approximate surface area is 167 Å². The number of fused-ring (bicyclic) bond motifs is 1. The number of nitrogens with one attached hydrogen (secondary N) is 1. The van der Waals surface area contributed by atoms with E-state index in [9.17, 15) is 4.79 Å². The van der Waals surface area contributed by atoms with Crippen molar-refractivity contribution in [2.75, 3.05) is 37.6 Å². The Morgan fingerprint density at radius 1 is 1.21 bits per heavy atom. The van der Waals surface area contributed by atoms with E-state index in [0.717, 1.165) is 51.1 Å². The third-order valence-corrected chi connectivity index (χ3v) is 6.09. The van der Waals surface area contributed by atoms with E-state index in [-0.39, 0.29) is 11.9 Å². The molecule has 6 heteroatoms. The number of aromatic nitrogens is 2. The lowest BCUT2D eigenvalue weighted by atomic mass is 9.91. The van der Waals surface area contributed by atoms with Gasteiger partial charge in [-0.25, -0.2) is 0 Å². The van der Waals surface area contributed by atoms with E-state index >= 15 is 0 Å². The zero-order valence-electron chi connectivity index (χ0n) is 17.2. The zero-order valence-corrected chi connectivity index (χ0v) is 17.2. The van der Waals surface area contributed by atoms with E-state index in [1.54, 1.807) is 0 Å². The minimum Gasteiger partial charge on any atom is -0.369 e. The normalized spacial score (nSPS) is 20.1. The second-order valence-corrected chi connectivity index (χ2v) is 8.18. The molecule has 1 atom stereocenters. The van der Waals surface area contributed by atoms with Gasteiger partial charge in [0.1, 0.15) is 0 Å². The Hall–Kier alpha value is -2.34. The summed E-state index contributed by atoms with van der Waals surface area (Å²) in [7, 11) is 2.00. The van der Waals surface area contributed by atoms with Crippen molar-refractivity contribution in [3.05, 3.63) is 46.8 Å². The largest absolute Gasteiger partial charge is 0.369 e. The highest BCUT2D eigenvalue weighted by Crippen LogP contribution is 2.31. The molecule has 1 aliphatic carbocycles. The van der Waals surface area contributed by atoms with Crippen molar-refractivity contribution in [1.29, 1.82) is 0 Å². The average molecular weight is 382 g/mol. The Balaban J connectivity index is 1.31. The van der Waals surface area contributed by atoms with Crippen LogP contribution in [-0.4, -0.2) is 53.3 Å². The van der Waals surface area contributed by atoms with Gasteiger partial charge in [-0.05, 0) is 50.8 Å². The number of carbonyl (C=O) groups excluding carboxylic acids is 1. The monoisotopic (exact) mass is 381 g/mol. The first-order chi connectivity index (χ1) is 13.5. The zero-order chi connectivity index (χ0) is 19.7. The molecule has 1 fully saturated rings. The second kappa shape index (κ2) is 7.95. The maximum Gasteiger partial charge on any atom is 0.234 e. The molecule has 0 bridgehead atoms. The molecule has 1 aliphatic heterocycles. The number of rotatable bonds is 4. The minimum atomic E-state index is 0.110. The van der Waals surface area contributed by atoms with Gasteiger partial charge < -0.3 is 10.2 Å². The average Bonchev–Trinajstić information content (AvgIpc) is 2.97. The SMILES string of the molecule is Cc1cccc(N2CCN(CC(=O)NC3CCCc4c3c(C)nn4C)CC2)c1. The van der Waals surface area contributed by atoms with Crippen LogP contribution in [0.3, 0.4) is 0 Å². The molecule has 2 aliphatic rings. The topological polar surface area (TPSA) is 53.4 Å². The first kappa shape index (κ1) is 19.0. The van der Waals surface area contributed by atoms with Gasteiger partial charge in [0, 0.05) is 50.2 Å². The van der Waals surface area contributed by atoms with Crippen LogP contribution in [0.15, 0.2) is 24.3 Å². The third-order valence-electron chi connectivity index (χ3n) is 6.09. The maximum absolute atomic E-state index is 12.7. The minimum absolute atomic E-state index is 0.110. The molecule has 4 rings (SSSR count). The number of piperazine rings is 1. The number of benzene rings is 1. The third kappa shape index (κ3) is 3.92. The van der Waals surface area contributed by atoms with E-state index in [2.05, 4.69) is 51.4 Å². The molecule has 1 unspecified atom stereocenters. The van der Waals surface area contributed by atoms with E-state index in [0.29, 0.717) is 6.54 Å². The van der Waals surface area contributed by atoms with Crippen LogP contribution in [0.4, 0.5) is 5.69 Å². The smallest absolute Gasteiger partial charge is 0.234 e. The number of aryl methyl sites for hydroxylation is 3. The summed E-state index contributed by atoms with van der Waals surface area (Å²) in [6.07, 6.45) is 3.17. The van der Waals surface area contributed by atoms with E-state index in [1.165, 1.54) is 22.5 Å². The molecule has 1 aromatic heterocycles. The van der Waals surface area contributed by atoms with Gasteiger partial charge in [-0.1, -0.05) is 12.1 Å². The van der Waals surface area contributed by atoms with Gasteiger partial charge in [-0.2, -0.15) is 5.10 Å². The van der Waals surface area contributed by atoms with Crippen LogP contribution in [0.2, 0.25) is 0 Å². The predicted octanol–water partition coefficient (Wildman–Crippen LogP) is 2.35. The highest BCUT2D eigenvalue weighted by molar-refractivity contribution is 5.78. The summed E-state index contributed by atoms with van der Waals surface area (Å²) < 4.78 is 1.98. The summed E-state index contributed by atoms with van der Waals surface area (Å²) in [6.45, 7) is 8.43. The molecule has 1 N–H and O–H groups in total. The van der Waals surface area contributed by atoms with Gasteiger partial charge in [-0.3, -0.25) is 14.4 Å². The molecule has 1 aromatic carbocycles. The number of amides is 1. The standard InChI is InChI=1S/C22H31N5O/c1-16-6-4-7-18(14-16)27-12-10-26(11-13-27)15-21(28)23-19-8-5-9-20-22(19)17(2)24-25(20)3/h4,6-7,14,19H,5,8-13,15H2,1-3H3,(H,23,28). The van der Waals surface area contributed by atoms with Crippen LogP contribution in [0.1, 0.15) is 41.4 Å². The van der Waals surface area contributed by atoms with E-state index in [4.69, 9.17) is 0 Å². The Kier molecular flexibility index (Phi) is 5.40. The summed E-state index contributed by atoms with van der Waals surface area (Å²) in [5.74, 6) is 0.130. The Morgan fingerprint density at radius 3 is 2.75 bits per heavy atom. The highest BCUT2D eigenvalue weighted by atomic mass is 16.2.